The maximum absolute atomic E-state index is 13.8. The molecule has 1 unspecified atom stereocenters. The van der Waals surface area contributed by atoms with Crippen molar-refractivity contribution in [1.29, 1.82) is 5.26 Å². The summed E-state index contributed by atoms with van der Waals surface area (Å²) in [6.07, 6.45) is 0.888. The first-order valence-electron chi connectivity index (χ1n) is 6.28. The maximum atomic E-state index is 13.8. The average Bonchev–Trinajstić information content (AvgIpc) is 2.53. The topological polar surface area (TPSA) is 47.3 Å². The quantitative estimate of drug-likeness (QED) is 0.815. The molecule has 0 aliphatic carbocycles. The number of anilines is 1. The highest BCUT2D eigenvalue weighted by Crippen LogP contribution is 2.23. The highest BCUT2D eigenvalue weighted by molar-refractivity contribution is 5.97. The zero-order chi connectivity index (χ0) is 13.8. The molecular weight excluding hydrogens is 245 g/mol. The Morgan fingerprint density at radius 3 is 2.84 bits per heavy atom. The monoisotopic (exact) mass is 261 g/mol. The van der Waals surface area contributed by atoms with E-state index in [1.807, 2.05) is 18.0 Å². The lowest BCUT2D eigenvalue weighted by molar-refractivity contribution is -0.122. The number of hydrogen-bond acceptors (Lipinski definition) is 3. The van der Waals surface area contributed by atoms with E-state index in [2.05, 4.69) is 0 Å². The molecule has 1 fully saturated rings. The highest BCUT2D eigenvalue weighted by Gasteiger charge is 2.32. The molecule has 4 nitrogen and oxygen atoms in total. The second kappa shape index (κ2) is 5.81. The van der Waals surface area contributed by atoms with Crippen LogP contribution in [0, 0.1) is 17.1 Å². The van der Waals surface area contributed by atoms with Gasteiger partial charge < -0.3 is 4.90 Å². The van der Waals surface area contributed by atoms with Gasteiger partial charge in [0, 0.05) is 13.1 Å². The van der Waals surface area contributed by atoms with Crippen LogP contribution in [0.25, 0.3) is 0 Å². The van der Waals surface area contributed by atoms with Crippen LogP contribution in [-0.4, -0.2) is 37.0 Å². The lowest BCUT2D eigenvalue weighted by atomic mass is 10.1. The van der Waals surface area contributed by atoms with Crippen LogP contribution in [0.1, 0.15) is 12.8 Å². The third kappa shape index (κ3) is 2.74. The number of rotatable bonds is 2. The molecule has 1 saturated heterocycles. The first kappa shape index (κ1) is 13.5. The summed E-state index contributed by atoms with van der Waals surface area (Å²) in [4.78, 5) is 15.8. The Kier molecular flexibility index (Phi) is 4.13. The van der Waals surface area contributed by atoms with Gasteiger partial charge in [-0.15, -0.1) is 0 Å². The number of nitrogens with zero attached hydrogens (tertiary/aromatic N) is 3. The second-order valence-electron chi connectivity index (χ2n) is 4.65. The number of likely N-dealkylation sites (N-methyl/N-ethyl adjacent to an activating group) is 1. The van der Waals surface area contributed by atoms with Gasteiger partial charge in [-0.05, 0) is 25.6 Å². The van der Waals surface area contributed by atoms with Gasteiger partial charge in [0.15, 0.2) is 0 Å². The fraction of sp³-hybridized carbons (Fsp3) is 0.429. The van der Waals surface area contributed by atoms with Crippen molar-refractivity contribution in [3.8, 4) is 6.07 Å². The van der Waals surface area contributed by atoms with Crippen molar-refractivity contribution in [2.75, 3.05) is 25.0 Å². The Balaban J connectivity index is 2.33. The van der Waals surface area contributed by atoms with Gasteiger partial charge in [0.25, 0.3) is 0 Å². The molecule has 0 spiro atoms. The number of carbonyl (C=O) groups is 1. The molecule has 1 aliphatic rings. The number of carbonyl (C=O) groups excluding carboxylic acids is 1. The summed E-state index contributed by atoms with van der Waals surface area (Å²) >= 11 is 0. The summed E-state index contributed by atoms with van der Waals surface area (Å²) in [6.45, 7) is 1.20. The number of halogens is 1. The Bertz CT molecular complexity index is 512. The van der Waals surface area contributed by atoms with E-state index in [0.29, 0.717) is 12.2 Å². The minimum absolute atomic E-state index is 0.125. The van der Waals surface area contributed by atoms with Crippen LogP contribution in [0.5, 0.6) is 0 Å². The van der Waals surface area contributed by atoms with E-state index in [0.717, 1.165) is 13.0 Å². The van der Waals surface area contributed by atoms with Gasteiger partial charge in [-0.2, -0.15) is 5.26 Å². The minimum Gasteiger partial charge on any atom is -0.308 e. The summed E-state index contributed by atoms with van der Waals surface area (Å²) in [7, 11) is 1.82. The molecule has 5 heteroatoms. The van der Waals surface area contributed by atoms with Crippen molar-refractivity contribution in [2.24, 2.45) is 0 Å². The van der Waals surface area contributed by atoms with Gasteiger partial charge in [0.2, 0.25) is 5.91 Å². The van der Waals surface area contributed by atoms with E-state index in [4.69, 9.17) is 5.26 Å². The number of nitriles is 1. The zero-order valence-corrected chi connectivity index (χ0v) is 10.8. The van der Waals surface area contributed by atoms with E-state index >= 15 is 0 Å². The third-order valence-corrected chi connectivity index (χ3v) is 3.40. The SMILES string of the molecule is CN1CCCN(c2ccccc2F)C(=O)C1CC#N. The largest absolute Gasteiger partial charge is 0.308 e. The Hall–Kier alpha value is -1.93. The summed E-state index contributed by atoms with van der Waals surface area (Å²) in [5, 5.41) is 8.84. The van der Waals surface area contributed by atoms with Gasteiger partial charge in [-0.25, -0.2) is 4.39 Å². The number of amides is 1. The van der Waals surface area contributed by atoms with Crippen molar-refractivity contribution in [3.05, 3.63) is 30.1 Å². The molecule has 1 aromatic rings. The van der Waals surface area contributed by atoms with Crippen LogP contribution in [-0.2, 0) is 4.79 Å². The Morgan fingerprint density at radius 2 is 2.16 bits per heavy atom. The molecule has 1 atom stereocenters. The van der Waals surface area contributed by atoms with Crippen LogP contribution in [0.2, 0.25) is 0 Å². The predicted molar refractivity (Wildman–Crippen MR) is 70.0 cm³/mol. The van der Waals surface area contributed by atoms with Crippen LogP contribution >= 0.6 is 0 Å². The van der Waals surface area contributed by atoms with Crippen molar-refractivity contribution in [1.82, 2.24) is 4.90 Å². The van der Waals surface area contributed by atoms with Crippen molar-refractivity contribution in [2.45, 2.75) is 18.9 Å². The van der Waals surface area contributed by atoms with Crippen molar-refractivity contribution in [3.63, 3.8) is 0 Å². The van der Waals surface area contributed by atoms with Gasteiger partial charge in [0.1, 0.15) is 11.9 Å². The third-order valence-electron chi connectivity index (χ3n) is 3.40. The second-order valence-corrected chi connectivity index (χ2v) is 4.65. The smallest absolute Gasteiger partial charge is 0.245 e. The van der Waals surface area contributed by atoms with Crippen LogP contribution in [0.15, 0.2) is 24.3 Å². The fourth-order valence-corrected chi connectivity index (χ4v) is 2.35. The first-order chi connectivity index (χ1) is 9.15. The molecule has 1 aromatic carbocycles. The Morgan fingerprint density at radius 1 is 1.42 bits per heavy atom. The number of hydrogen-bond donors (Lipinski definition) is 0. The van der Waals surface area contributed by atoms with Gasteiger partial charge in [-0.3, -0.25) is 9.69 Å². The summed E-state index contributed by atoms with van der Waals surface area (Å²) in [5.41, 5.74) is 0.297. The fourth-order valence-electron chi connectivity index (χ4n) is 2.35. The van der Waals surface area contributed by atoms with Crippen molar-refractivity contribution < 1.29 is 9.18 Å². The maximum Gasteiger partial charge on any atom is 0.245 e. The van der Waals surface area contributed by atoms with Crippen LogP contribution in [0.3, 0.4) is 0 Å². The van der Waals surface area contributed by atoms with E-state index < -0.39 is 11.9 Å². The van der Waals surface area contributed by atoms with Gasteiger partial charge in [0.05, 0.1) is 18.2 Å². The molecule has 100 valence electrons. The standard InChI is InChI=1S/C14H16FN3O/c1-17-9-4-10-18(14(19)13(17)7-8-16)12-6-3-2-5-11(12)15/h2-3,5-6,13H,4,7,9-10H2,1H3. The molecule has 19 heavy (non-hydrogen) atoms. The van der Waals surface area contributed by atoms with Crippen LogP contribution < -0.4 is 4.90 Å². The minimum atomic E-state index is -0.493. The molecule has 2 rings (SSSR count). The predicted octanol–water partition coefficient (Wildman–Crippen LogP) is 1.78. The molecule has 0 aromatic heterocycles. The zero-order valence-electron chi connectivity index (χ0n) is 10.8. The van der Waals surface area contributed by atoms with E-state index in [9.17, 15) is 9.18 Å². The lowest BCUT2D eigenvalue weighted by Crippen LogP contribution is -2.44. The first-order valence-corrected chi connectivity index (χ1v) is 6.28. The van der Waals surface area contributed by atoms with Gasteiger partial charge in [-0.1, -0.05) is 12.1 Å². The molecule has 0 N–H and O–H groups in total. The summed E-state index contributed by atoms with van der Waals surface area (Å²) in [6, 6.07) is 7.78. The Labute approximate surface area is 112 Å². The van der Waals surface area contributed by atoms with E-state index in [1.165, 1.54) is 11.0 Å². The normalized spacial score (nSPS) is 21.0. The van der Waals surface area contributed by atoms with Crippen LogP contribution in [0.4, 0.5) is 10.1 Å². The molecule has 1 heterocycles. The number of para-hydroxylation sites is 1. The molecule has 0 bridgehead atoms. The highest BCUT2D eigenvalue weighted by atomic mass is 19.1. The van der Waals surface area contributed by atoms with Crippen molar-refractivity contribution >= 4 is 11.6 Å². The molecule has 1 aliphatic heterocycles. The van der Waals surface area contributed by atoms with E-state index in [-0.39, 0.29) is 12.3 Å². The molecule has 0 radical (unpaired) electrons. The lowest BCUT2D eigenvalue weighted by Gasteiger charge is -2.26. The van der Waals surface area contributed by atoms with E-state index in [1.54, 1.807) is 18.2 Å². The molecule has 0 saturated carbocycles. The summed E-state index contributed by atoms with van der Waals surface area (Å²) in [5.74, 6) is -0.609. The average molecular weight is 261 g/mol. The molecule has 1 amide bonds. The number of benzene rings is 1. The summed E-state index contributed by atoms with van der Waals surface area (Å²) < 4.78 is 13.8. The molecular formula is C14H16FN3O. The van der Waals surface area contributed by atoms with Gasteiger partial charge >= 0.3 is 0 Å².